The molecule has 0 aliphatic carbocycles. The number of piperazine rings is 1. The van der Waals surface area contributed by atoms with Gasteiger partial charge in [-0.1, -0.05) is 0 Å². The van der Waals surface area contributed by atoms with Crippen LogP contribution in [0.5, 0.6) is 5.75 Å². The van der Waals surface area contributed by atoms with E-state index >= 15 is 0 Å². The molecule has 10 heteroatoms. The molecule has 0 spiro atoms. The van der Waals surface area contributed by atoms with Crippen LogP contribution >= 0.6 is 0 Å². The van der Waals surface area contributed by atoms with Gasteiger partial charge in [0, 0.05) is 32.3 Å². The van der Waals surface area contributed by atoms with Crippen molar-refractivity contribution in [2.75, 3.05) is 47.0 Å². The second kappa shape index (κ2) is 10.3. The molecule has 0 radical (unpaired) electrons. The largest absolute Gasteiger partial charge is 0.497 e. The van der Waals surface area contributed by atoms with Crippen LogP contribution in [0.3, 0.4) is 0 Å². The Morgan fingerprint density at radius 2 is 1.90 bits per heavy atom. The van der Waals surface area contributed by atoms with Gasteiger partial charge < -0.3 is 29.9 Å². The molecular formula is C21H28N4O6. The summed E-state index contributed by atoms with van der Waals surface area (Å²) in [4.78, 5) is 53.6. The molecule has 0 saturated carbocycles. The van der Waals surface area contributed by atoms with Crippen LogP contribution < -0.4 is 15.4 Å². The minimum atomic E-state index is -0.918. The van der Waals surface area contributed by atoms with E-state index in [1.54, 1.807) is 24.3 Å². The molecule has 2 fully saturated rings. The van der Waals surface area contributed by atoms with Gasteiger partial charge in [0.1, 0.15) is 24.4 Å². The van der Waals surface area contributed by atoms with Crippen molar-refractivity contribution in [1.29, 1.82) is 0 Å². The number of nitrogens with zero attached hydrogens (tertiary/aromatic N) is 2. The first-order valence-corrected chi connectivity index (χ1v) is 10.2. The second-order valence-corrected chi connectivity index (χ2v) is 7.51. The first-order valence-electron chi connectivity index (χ1n) is 10.2. The monoisotopic (exact) mass is 432 g/mol. The molecule has 0 unspecified atom stereocenters. The third-order valence-electron chi connectivity index (χ3n) is 5.50. The fourth-order valence-corrected chi connectivity index (χ4v) is 3.77. The quantitative estimate of drug-likeness (QED) is 0.619. The molecule has 2 aliphatic rings. The van der Waals surface area contributed by atoms with Crippen LogP contribution in [0.2, 0.25) is 0 Å². The molecule has 2 aliphatic heterocycles. The van der Waals surface area contributed by atoms with Crippen molar-refractivity contribution in [3.63, 3.8) is 0 Å². The smallest absolute Gasteiger partial charge is 0.254 e. The summed E-state index contributed by atoms with van der Waals surface area (Å²) in [6.07, 6.45) is 1.29. The van der Waals surface area contributed by atoms with Crippen LogP contribution in [0.4, 0.5) is 0 Å². The summed E-state index contributed by atoms with van der Waals surface area (Å²) in [5.41, 5.74) is 0.408. The SMILES string of the molecule is COCC(=O)N1CCN(C(=O)c2ccc(OC)cc2)[C@@H](C(=O)N[C@H]2CCCNC2=O)C1. The van der Waals surface area contributed by atoms with Gasteiger partial charge >= 0.3 is 0 Å². The lowest BCUT2D eigenvalue weighted by Crippen LogP contribution is -2.63. The summed E-state index contributed by atoms with van der Waals surface area (Å²) in [7, 11) is 2.96. The van der Waals surface area contributed by atoms with Crippen molar-refractivity contribution in [2.24, 2.45) is 0 Å². The number of nitrogens with one attached hydrogen (secondary N) is 2. The van der Waals surface area contributed by atoms with Gasteiger partial charge in [-0.15, -0.1) is 0 Å². The number of benzene rings is 1. The zero-order chi connectivity index (χ0) is 22.4. The fourth-order valence-electron chi connectivity index (χ4n) is 3.77. The standard InChI is InChI=1S/C21H28N4O6/c1-30-13-18(26)24-10-11-25(21(29)14-5-7-15(31-2)8-6-14)17(12-24)20(28)23-16-4-3-9-22-19(16)27/h5-8,16-17H,3-4,9-13H2,1-2H3,(H,22,27)(H,23,28)/t16-,17+/m0/s1. The van der Waals surface area contributed by atoms with Crippen molar-refractivity contribution in [3.05, 3.63) is 29.8 Å². The number of ether oxygens (including phenoxy) is 2. The number of carbonyl (C=O) groups excluding carboxylic acids is 4. The van der Waals surface area contributed by atoms with Crippen molar-refractivity contribution in [3.8, 4) is 5.75 Å². The Labute approximate surface area is 180 Å². The minimum Gasteiger partial charge on any atom is -0.497 e. The number of hydrogen-bond donors (Lipinski definition) is 2. The van der Waals surface area contributed by atoms with E-state index in [9.17, 15) is 19.2 Å². The van der Waals surface area contributed by atoms with E-state index < -0.39 is 18.0 Å². The van der Waals surface area contributed by atoms with Gasteiger partial charge in [-0.2, -0.15) is 0 Å². The fraction of sp³-hybridized carbons (Fsp3) is 0.524. The Hall–Kier alpha value is -3.14. The van der Waals surface area contributed by atoms with Gasteiger partial charge in [0.15, 0.2) is 0 Å². The highest BCUT2D eigenvalue weighted by molar-refractivity contribution is 5.99. The molecular weight excluding hydrogens is 404 g/mol. The topological polar surface area (TPSA) is 117 Å². The van der Waals surface area contributed by atoms with Crippen LogP contribution in [0.15, 0.2) is 24.3 Å². The minimum absolute atomic E-state index is 0.0320. The van der Waals surface area contributed by atoms with E-state index in [1.165, 1.54) is 24.0 Å². The van der Waals surface area contributed by atoms with E-state index in [2.05, 4.69) is 10.6 Å². The molecule has 2 N–H and O–H groups in total. The maximum Gasteiger partial charge on any atom is 0.254 e. The number of piperidine rings is 1. The van der Waals surface area contributed by atoms with E-state index in [4.69, 9.17) is 9.47 Å². The van der Waals surface area contributed by atoms with Gasteiger partial charge in [-0.3, -0.25) is 19.2 Å². The lowest BCUT2D eigenvalue weighted by atomic mass is 10.0. The third-order valence-corrected chi connectivity index (χ3v) is 5.50. The van der Waals surface area contributed by atoms with Crippen LogP contribution in [0, 0.1) is 0 Å². The highest BCUT2D eigenvalue weighted by atomic mass is 16.5. The molecule has 0 bridgehead atoms. The average Bonchev–Trinajstić information content (AvgIpc) is 2.80. The maximum atomic E-state index is 13.2. The van der Waals surface area contributed by atoms with Gasteiger partial charge in [-0.05, 0) is 37.1 Å². The Kier molecular flexibility index (Phi) is 7.45. The van der Waals surface area contributed by atoms with Crippen molar-refractivity contribution in [1.82, 2.24) is 20.4 Å². The summed E-state index contributed by atoms with van der Waals surface area (Å²) in [6.45, 7) is 0.985. The molecule has 0 aromatic heterocycles. The van der Waals surface area contributed by atoms with Crippen molar-refractivity contribution >= 4 is 23.6 Å². The first-order chi connectivity index (χ1) is 14.9. The van der Waals surface area contributed by atoms with Crippen molar-refractivity contribution < 1.29 is 28.7 Å². The van der Waals surface area contributed by atoms with Gasteiger partial charge in [0.25, 0.3) is 5.91 Å². The highest BCUT2D eigenvalue weighted by Gasteiger charge is 2.38. The lowest BCUT2D eigenvalue weighted by molar-refractivity contribution is -0.141. The average molecular weight is 432 g/mol. The first kappa shape index (κ1) is 22.5. The Balaban J connectivity index is 1.79. The van der Waals surface area contributed by atoms with Crippen LogP contribution in [0.1, 0.15) is 23.2 Å². The van der Waals surface area contributed by atoms with Crippen LogP contribution in [-0.2, 0) is 19.1 Å². The molecule has 2 atom stereocenters. The number of methoxy groups -OCH3 is 2. The van der Waals surface area contributed by atoms with Gasteiger partial charge in [0.2, 0.25) is 17.7 Å². The zero-order valence-corrected chi connectivity index (χ0v) is 17.8. The van der Waals surface area contributed by atoms with E-state index in [1.807, 2.05) is 0 Å². The molecule has 3 rings (SSSR count). The summed E-state index contributed by atoms with van der Waals surface area (Å²) in [5, 5.41) is 5.48. The lowest BCUT2D eigenvalue weighted by Gasteiger charge is -2.41. The highest BCUT2D eigenvalue weighted by Crippen LogP contribution is 2.18. The molecule has 31 heavy (non-hydrogen) atoms. The second-order valence-electron chi connectivity index (χ2n) is 7.51. The normalized spacial score (nSPS) is 21.3. The summed E-state index contributed by atoms with van der Waals surface area (Å²) >= 11 is 0. The maximum absolute atomic E-state index is 13.2. The number of hydrogen-bond acceptors (Lipinski definition) is 6. The molecule has 1 aromatic carbocycles. The zero-order valence-electron chi connectivity index (χ0n) is 17.8. The molecule has 2 saturated heterocycles. The Bertz CT molecular complexity index is 828. The molecule has 10 nitrogen and oxygen atoms in total. The number of rotatable bonds is 6. The summed E-state index contributed by atoms with van der Waals surface area (Å²) in [6, 6.07) is 5.04. The molecule has 168 valence electrons. The van der Waals surface area contributed by atoms with E-state index in [0.29, 0.717) is 24.3 Å². The van der Waals surface area contributed by atoms with Crippen LogP contribution in [-0.4, -0.2) is 92.5 Å². The Morgan fingerprint density at radius 3 is 2.55 bits per heavy atom. The number of amides is 4. The van der Waals surface area contributed by atoms with Crippen LogP contribution in [0.25, 0.3) is 0 Å². The van der Waals surface area contributed by atoms with E-state index in [0.717, 1.165) is 6.42 Å². The molecule has 4 amide bonds. The van der Waals surface area contributed by atoms with Gasteiger partial charge in [-0.25, -0.2) is 0 Å². The predicted octanol–water partition coefficient (Wildman–Crippen LogP) is -0.611. The summed E-state index contributed by atoms with van der Waals surface area (Å²) in [5.74, 6) is -0.666. The van der Waals surface area contributed by atoms with Crippen molar-refractivity contribution in [2.45, 2.75) is 24.9 Å². The third kappa shape index (κ3) is 5.32. The summed E-state index contributed by atoms with van der Waals surface area (Å²) < 4.78 is 10.0. The number of carbonyl (C=O) groups is 4. The van der Waals surface area contributed by atoms with E-state index in [-0.39, 0.29) is 44.0 Å². The van der Waals surface area contributed by atoms with Gasteiger partial charge in [0.05, 0.1) is 13.7 Å². The molecule has 2 heterocycles. The Morgan fingerprint density at radius 1 is 1.16 bits per heavy atom. The predicted molar refractivity (Wildman–Crippen MR) is 110 cm³/mol. The molecule has 1 aromatic rings.